The molecule has 0 aliphatic carbocycles. The molecule has 396 valence electrons. The van der Waals surface area contributed by atoms with E-state index in [1.54, 1.807) is 70.8 Å². The third-order valence-electron chi connectivity index (χ3n) is 13.8. The molecule has 0 bridgehead atoms. The van der Waals surface area contributed by atoms with Gasteiger partial charge in [0.1, 0.15) is 24.4 Å². The van der Waals surface area contributed by atoms with Gasteiger partial charge in [0.2, 0.25) is 6.41 Å². The predicted octanol–water partition coefficient (Wildman–Crippen LogP) is 7.23. The summed E-state index contributed by atoms with van der Waals surface area (Å²) in [4.78, 5) is 53.2. The van der Waals surface area contributed by atoms with Crippen molar-refractivity contribution in [2.24, 2.45) is 41.4 Å². The number of cyclic esters (lactones) is 1. The summed E-state index contributed by atoms with van der Waals surface area (Å²) in [7, 11) is 10.0. The zero-order chi connectivity index (χ0) is 52.4. The number of nitrogens with zero attached hydrogens (tertiary/aromatic N) is 2. The first-order valence-corrected chi connectivity index (χ1v) is 24.9. The molecule has 1 aliphatic rings. The van der Waals surface area contributed by atoms with Gasteiger partial charge in [0.05, 0.1) is 37.1 Å². The molecule has 15 heteroatoms. The second-order valence-corrected chi connectivity index (χ2v) is 19.9. The smallest absolute Gasteiger partial charge is 0.331 e. The molecule has 0 aromatic carbocycles. The van der Waals surface area contributed by atoms with Crippen LogP contribution < -0.4 is 0 Å². The normalized spacial score (nSPS) is 29.8. The summed E-state index contributed by atoms with van der Waals surface area (Å²) in [5, 5.41) is 34.7. The summed E-state index contributed by atoms with van der Waals surface area (Å²) in [6.45, 7) is 17.0. The first-order chi connectivity index (χ1) is 32.5. The highest BCUT2D eigenvalue weighted by atomic mass is 16.6. The molecule has 0 aromatic heterocycles. The van der Waals surface area contributed by atoms with E-state index in [9.17, 15) is 34.5 Å². The summed E-state index contributed by atoms with van der Waals surface area (Å²) >= 11 is 0. The predicted molar refractivity (Wildman–Crippen MR) is 270 cm³/mol. The second kappa shape index (κ2) is 33.8. The monoisotopic (exact) mass is 977 g/mol. The Morgan fingerprint density at radius 3 is 2.22 bits per heavy atom. The number of aliphatic hydroxyl groups is 3. The molecule has 0 spiro atoms. The van der Waals surface area contributed by atoms with Crippen LogP contribution in [0.2, 0.25) is 0 Å². The molecule has 1 amide bonds. The van der Waals surface area contributed by atoms with Crippen molar-refractivity contribution in [3.8, 4) is 0 Å². The van der Waals surface area contributed by atoms with Crippen LogP contribution in [0, 0.1) is 41.4 Å². The molecule has 16 atom stereocenters. The van der Waals surface area contributed by atoms with Gasteiger partial charge < -0.3 is 48.6 Å². The Balaban J connectivity index is 3.50. The summed E-state index contributed by atoms with van der Waals surface area (Å²) in [5.74, 6) is -3.46. The van der Waals surface area contributed by atoms with Crippen LogP contribution >= 0.6 is 0 Å². The Bertz CT molecular complexity index is 1650. The number of hydrogen-bond donors (Lipinski definition) is 3. The highest BCUT2D eigenvalue weighted by Gasteiger charge is 2.35. The number of aliphatic hydroxyl groups excluding tert-OH is 3. The maximum absolute atomic E-state index is 13.5. The quantitative estimate of drug-likeness (QED) is 0.0479. The number of likely N-dealkylation sites (N-methyl/N-ethyl adjacent to an activating group) is 1. The lowest BCUT2D eigenvalue weighted by Crippen LogP contribution is -2.44. The summed E-state index contributed by atoms with van der Waals surface area (Å²) in [6, 6.07) is -0.646. The minimum Gasteiger partial charge on any atom is -0.462 e. The standard InChI is InChI=1S/C54H92N2O13/c1-35-24-25-36(2)47(66-15)29-27-38(4)52(62)42(8)49(69-54(63)45(33-64-13)55(10)11)21-17-16-18-23-50(60)68-48(22-19-20-44(32-35)65-14)41(7)51(61)37(3)26-28-46(59)40(6)53(67-43(9)58)39(5)30-31-56(12)34-57/h16-20,23,25,30-31,34-35,37-42,44-49,51-53,59,61-62H,21-22,24,26-29,32-33H2,1-15H3/b17-16+,20-19+,23-18+,31-30+,36-25+/t35-,37+,38-,39-,40+,41-,42-,44+,45+,46-,47+,48+,49-,51+,52-,53-/m1/s1. The fraction of sp³-hybridized carbons (Fsp3) is 0.741. The minimum absolute atomic E-state index is 0.128. The van der Waals surface area contributed by atoms with Crippen LogP contribution in [0.5, 0.6) is 0 Å². The number of esters is 3. The van der Waals surface area contributed by atoms with Crippen LogP contribution in [0.4, 0.5) is 0 Å². The van der Waals surface area contributed by atoms with Crippen molar-refractivity contribution in [2.45, 2.75) is 169 Å². The molecular formula is C54H92N2O13. The molecule has 1 heterocycles. The van der Waals surface area contributed by atoms with Gasteiger partial charge in [-0.15, -0.1) is 0 Å². The number of hydrogen-bond acceptors (Lipinski definition) is 14. The fourth-order valence-corrected chi connectivity index (χ4v) is 8.78. The van der Waals surface area contributed by atoms with Gasteiger partial charge >= 0.3 is 17.9 Å². The van der Waals surface area contributed by atoms with Gasteiger partial charge in [-0.25, -0.2) is 4.79 Å². The summed E-state index contributed by atoms with van der Waals surface area (Å²) in [5.41, 5.74) is 1.11. The van der Waals surface area contributed by atoms with E-state index in [0.29, 0.717) is 38.5 Å². The van der Waals surface area contributed by atoms with E-state index in [1.165, 1.54) is 25.0 Å². The second-order valence-electron chi connectivity index (χ2n) is 19.9. The molecule has 3 N–H and O–H groups in total. The van der Waals surface area contributed by atoms with Crippen molar-refractivity contribution in [1.29, 1.82) is 0 Å². The van der Waals surface area contributed by atoms with Crippen LogP contribution in [0.15, 0.2) is 60.4 Å². The number of allylic oxidation sites excluding steroid dienone is 3. The number of methoxy groups -OCH3 is 3. The average molecular weight is 977 g/mol. The van der Waals surface area contributed by atoms with Crippen molar-refractivity contribution in [3.63, 3.8) is 0 Å². The number of rotatable bonds is 20. The Labute approximate surface area is 415 Å². The van der Waals surface area contributed by atoms with Gasteiger partial charge in [-0.2, -0.15) is 0 Å². The number of ether oxygens (including phenoxy) is 6. The van der Waals surface area contributed by atoms with Gasteiger partial charge in [0.25, 0.3) is 0 Å². The topological polar surface area (TPSA) is 191 Å². The molecule has 69 heavy (non-hydrogen) atoms. The molecule has 0 saturated heterocycles. The van der Waals surface area contributed by atoms with E-state index in [2.05, 4.69) is 19.9 Å². The van der Waals surface area contributed by atoms with E-state index in [-0.39, 0.29) is 48.9 Å². The average Bonchev–Trinajstić information content (AvgIpc) is 3.31. The van der Waals surface area contributed by atoms with Crippen LogP contribution in [0.3, 0.4) is 0 Å². The highest BCUT2D eigenvalue weighted by molar-refractivity contribution is 5.82. The van der Waals surface area contributed by atoms with Gasteiger partial charge in [-0.1, -0.05) is 91.0 Å². The van der Waals surface area contributed by atoms with Crippen LogP contribution in [0.25, 0.3) is 0 Å². The van der Waals surface area contributed by atoms with E-state index >= 15 is 0 Å². The molecule has 0 aromatic rings. The first-order valence-electron chi connectivity index (χ1n) is 24.9. The third-order valence-corrected chi connectivity index (χ3v) is 13.8. The van der Waals surface area contributed by atoms with Gasteiger partial charge in [0, 0.05) is 84.1 Å². The third kappa shape index (κ3) is 23.4. The first kappa shape index (κ1) is 63.3. The van der Waals surface area contributed by atoms with Crippen LogP contribution in [-0.2, 0) is 47.6 Å². The number of amides is 1. The number of carbonyl (C=O) groups excluding carboxylic acids is 4. The Morgan fingerprint density at radius 2 is 1.62 bits per heavy atom. The maximum atomic E-state index is 13.5. The molecule has 0 unspecified atom stereocenters. The van der Waals surface area contributed by atoms with E-state index in [0.717, 1.165) is 18.4 Å². The van der Waals surface area contributed by atoms with Crippen molar-refractivity contribution >= 4 is 24.3 Å². The summed E-state index contributed by atoms with van der Waals surface area (Å²) < 4.78 is 34.9. The Kier molecular flexibility index (Phi) is 31.0. The maximum Gasteiger partial charge on any atom is 0.331 e. The molecule has 0 saturated carbocycles. The Morgan fingerprint density at radius 1 is 0.942 bits per heavy atom. The lowest BCUT2D eigenvalue weighted by atomic mass is 9.82. The molecule has 15 nitrogen and oxygen atoms in total. The van der Waals surface area contributed by atoms with Crippen molar-refractivity contribution < 1.29 is 62.9 Å². The van der Waals surface area contributed by atoms with Gasteiger partial charge in [0.15, 0.2) is 0 Å². The van der Waals surface area contributed by atoms with Gasteiger partial charge in [-0.05, 0) is 82.9 Å². The molecule has 1 aliphatic heterocycles. The molecular weight excluding hydrogens is 885 g/mol. The van der Waals surface area contributed by atoms with Crippen molar-refractivity contribution in [1.82, 2.24) is 9.80 Å². The fourth-order valence-electron chi connectivity index (χ4n) is 8.78. The zero-order valence-electron chi connectivity index (χ0n) is 44.7. The van der Waals surface area contributed by atoms with Crippen molar-refractivity contribution in [3.05, 3.63) is 60.4 Å². The van der Waals surface area contributed by atoms with Crippen molar-refractivity contribution in [2.75, 3.05) is 49.1 Å². The summed E-state index contributed by atoms with van der Waals surface area (Å²) in [6.07, 6.45) is 15.7. The largest absolute Gasteiger partial charge is 0.462 e. The van der Waals surface area contributed by atoms with Gasteiger partial charge in [-0.3, -0.25) is 19.3 Å². The molecule has 0 radical (unpaired) electrons. The SMILES string of the molecule is COC[C@@H](C(=O)O[C@@H]1C/C=C/C=C/C(=O)O[C@H]([C@@H](C)[C@@H](O)[C@@H](C)CC[C@@H](O)[C@H](C)[C@H](OC(C)=O)[C@H](C)/C=C/N(C)C=O)C/C=C/[C@H](OC)C[C@H](C)C/C=C(\C)[C@@H](OC)CC[C@@H](C)[C@@H](O)[C@@H]1C)N(C)C. The Hall–Kier alpha value is -3.70. The zero-order valence-corrected chi connectivity index (χ0v) is 44.7. The lowest BCUT2D eigenvalue weighted by molar-refractivity contribution is -0.162. The lowest BCUT2D eigenvalue weighted by Gasteiger charge is -2.33. The van der Waals surface area contributed by atoms with E-state index in [1.807, 2.05) is 53.7 Å². The molecule has 1 rings (SSSR count). The van der Waals surface area contributed by atoms with Crippen LogP contribution in [-0.4, -0.2) is 153 Å². The van der Waals surface area contributed by atoms with E-state index < -0.39 is 78.3 Å². The van der Waals surface area contributed by atoms with E-state index in [4.69, 9.17) is 28.4 Å². The number of carbonyl (C=O) groups is 4. The molecule has 0 fully saturated rings. The highest BCUT2D eigenvalue weighted by Crippen LogP contribution is 2.30. The minimum atomic E-state index is -0.917. The van der Waals surface area contributed by atoms with Crippen LogP contribution in [0.1, 0.15) is 114 Å².